The summed E-state index contributed by atoms with van der Waals surface area (Å²) in [6, 6.07) is 0.0312. The van der Waals surface area contributed by atoms with Gasteiger partial charge in [-0.1, -0.05) is 12.2 Å². The van der Waals surface area contributed by atoms with E-state index >= 15 is 0 Å². The standard InChI is InChI=1S/C10H12N6O.ClH/c11-8-7-9(15-10(12)14-8)16(4-13-7)5-1-2-6(17)3-5;/h1-2,4-6,17H,3H2,(H4,11,12,14,15);1H/t5?,6-;/m1./s1. The zero-order chi connectivity index (χ0) is 12.0. The van der Waals surface area contributed by atoms with E-state index < -0.39 is 6.10 Å². The minimum atomic E-state index is -0.422. The van der Waals surface area contributed by atoms with Crippen molar-refractivity contribution in [2.45, 2.75) is 18.6 Å². The van der Waals surface area contributed by atoms with Gasteiger partial charge in [0.15, 0.2) is 11.5 Å². The average molecular weight is 269 g/mol. The van der Waals surface area contributed by atoms with Crippen molar-refractivity contribution in [1.29, 1.82) is 0 Å². The van der Waals surface area contributed by atoms with Crippen LogP contribution in [0.4, 0.5) is 11.8 Å². The Morgan fingerprint density at radius 3 is 2.72 bits per heavy atom. The number of allylic oxidation sites excluding steroid dienone is 1. The van der Waals surface area contributed by atoms with Gasteiger partial charge in [-0.25, -0.2) is 4.98 Å². The highest BCUT2D eigenvalue weighted by molar-refractivity contribution is 5.85. The minimum Gasteiger partial charge on any atom is -0.389 e. The van der Waals surface area contributed by atoms with Crippen molar-refractivity contribution < 1.29 is 5.11 Å². The Hall–Kier alpha value is -1.86. The molecule has 0 aromatic carbocycles. The van der Waals surface area contributed by atoms with Crippen LogP contribution in [0.2, 0.25) is 0 Å². The predicted octanol–water partition coefficient (Wildman–Crippen LogP) is 0.274. The van der Waals surface area contributed by atoms with Crippen LogP contribution in [0.3, 0.4) is 0 Å². The van der Waals surface area contributed by atoms with Crippen LogP contribution in [0.5, 0.6) is 0 Å². The van der Waals surface area contributed by atoms with Crippen molar-refractivity contribution >= 4 is 35.3 Å². The molecule has 0 spiro atoms. The van der Waals surface area contributed by atoms with Crippen LogP contribution in [0.1, 0.15) is 12.5 Å². The maximum absolute atomic E-state index is 9.48. The molecule has 0 saturated carbocycles. The number of nitrogen functional groups attached to an aromatic ring is 2. The molecule has 1 aliphatic carbocycles. The fraction of sp³-hybridized carbons (Fsp3) is 0.300. The lowest BCUT2D eigenvalue weighted by Crippen LogP contribution is -2.09. The number of aromatic nitrogens is 4. The van der Waals surface area contributed by atoms with Gasteiger partial charge in [-0.05, 0) is 0 Å². The Morgan fingerprint density at radius 2 is 2.06 bits per heavy atom. The van der Waals surface area contributed by atoms with Gasteiger partial charge in [0.05, 0.1) is 18.5 Å². The molecule has 5 N–H and O–H groups in total. The van der Waals surface area contributed by atoms with Crippen molar-refractivity contribution in [3.05, 3.63) is 18.5 Å². The van der Waals surface area contributed by atoms with Crippen LogP contribution < -0.4 is 11.5 Å². The fourth-order valence-corrected chi connectivity index (χ4v) is 2.07. The molecular weight excluding hydrogens is 256 g/mol. The van der Waals surface area contributed by atoms with Crippen LogP contribution in [0.25, 0.3) is 11.2 Å². The molecule has 96 valence electrons. The third kappa shape index (κ3) is 1.87. The van der Waals surface area contributed by atoms with Gasteiger partial charge in [-0.2, -0.15) is 9.97 Å². The largest absolute Gasteiger partial charge is 0.389 e. The van der Waals surface area contributed by atoms with E-state index in [1.54, 1.807) is 12.4 Å². The van der Waals surface area contributed by atoms with Crippen LogP contribution in [-0.2, 0) is 0 Å². The molecular formula is C10H13ClN6O. The number of nitrogens with two attached hydrogens (primary N) is 2. The number of nitrogens with zero attached hydrogens (tertiary/aromatic N) is 4. The van der Waals surface area contributed by atoms with Crippen LogP contribution in [-0.4, -0.2) is 30.7 Å². The highest BCUT2D eigenvalue weighted by Crippen LogP contribution is 2.27. The van der Waals surface area contributed by atoms with Gasteiger partial charge >= 0.3 is 0 Å². The van der Waals surface area contributed by atoms with Crippen molar-refractivity contribution in [1.82, 2.24) is 19.5 Å². The summed E-state index contributed by atoms with van der Waals surface area (Å²) in [7, 11) is 0. The van der Waals surface area contributed by atoms with E-state index in [1.165, 1.54) is 0 Å². The maximum atomic E-state index is 9.48. The number of aliphatic hydroxyl groups is 1. The summed E-state index contributed by atoms with van der Waals surface area (Å²) >= 11 is 0. The normalized spacial score (nSPS) is 22.3. The first-order chi connectivity index (χ1) is 8.15. The molecule has 0 amide bonds. The second-order valence-electron chi connectivity index (χ2n) is 4.05. The molecule has 7 nitrogen and oxygen atoms in total. The van der Waals surface area contributed by atoms with E-state index in [1.807, 2.05) is 10.6 Å². The number of rotatable bonds is 1. The monoisotopic (exact) mass is 268 g/mol. The van der Waals surface area contributed by atoms with Crippen molar-refractivity contribution in [2.75, 3.05) is 11.5 Å². The van der Waals surface area contributed by atoms with Gasteiger partial charge in [0.25, 0.3) is 0 Å². The summed E-state index contributed by atoms with van der Waals surface area (Å²) in [6.07, 6.45) is 5.50. The second-order valence-corrected chi connectivity index (χ2v) is 4.05. The number of imidazole rings is 1. The number of anilines is 2. The topological polar surface area (TPSA) is 116 Å². The van der Waals surface area contributed by atoms with E-state index in [4.69, 9.17) is 11.5 Å². The quantitative estimate of drug-likeness (QED) is 0.640. The molecule has 0 fully saturated rings. The Kier molecular flexibility index (Phi) is 3.10. The number of halogens is 1. The van der Waals surface area contributed by atoms with Gasteiger partial charge in [-0.3, -0.25) is 0 Å². The van der Waals surface area contributed by atoms with Crippen molar-refractivity contribution in [2.24, 2.45) is 0 Å². The predicted molar refractivity (Wildman–Crippen MR) is 70.2 cm³/mol. The highest BCUT2D eigenvalue weighted by Gasteiger charge is 2.21. The molecule has 2 atom stereocenters. The number of hydrogen-bond donors (Lipinski definition) is 3. The molecule has 3 rings (SSSR count). The van der Waals surface area contributed by atoms with E-state index in [0.29, 0.717) is 17.6 Å². The third-order valence-electron chi connectivity index (χ3n) is 2.86. The zero-order valence-corrected chi connectivity index (χ0v) is 10.2. The molecule has 0 aliphatic heterocycles. The Balaban J connectivity index is 0.00000120. The fourth-order valence-electron chi connectivity index (χ4n) is 2.07. The molecule has 1 aliphatic rings. The zero-order valence-electron chi connectivity index (χ0n) is 9.39. The molecule has 18 heavy (non-hydrogen) atoms. The average Bonchev–Trinajstić information content (AvgIpc) is 2.83. The van der Waals surface area contributed by atoms with E-state index in [9.17, 15) is 5.11 Å². The minimum absolute atomic E-state index is 0. The number of aliphatic hydroxyl groups excluding tert-OH is 1. The lowest BCUT2D eigenvalue weighted by atomic mass is 10.2. The summed E-state index contributed by atoms with van der Waals surface area (Å²) in [5, 5.41) is 9.48. The van der Waals surface area contributed by atoms with Crippen LogP contribution in [0.15, 0.2) is 18.5 Å². The first-order valence-corrected chi connectivity index (χ1v) is 5.27. The van der Waals surface area contributed by atoms with Gasteiger partial charge in [0.2, 0.25) is 5.95 Å². The number of hydrogen-bond acceptors (Lipinski definition) is 6. The lowest BCUT2D eigenvalue weighted by molar-refractivity contribution is 0.211. The summed E-state index contributed by atoms with van der Waals surface area (Å²) in [5.41, 5.74) is 12.4. The highest BCUT2D eigenvalue weighted by atomic mass is 35.5. The van der Waals surface area contributed by atoms with Crippen LogP contribution in [0, 0.1) is 0 Å². The van der Waals surface area contributed by atoms with E-state index in [2.05, 4.69) is 15.0 Å². The molecule has 0 radical (unpaired) electrons. The van der Waals surface area contributed by atoms with Gasteiger partial charge in [0.1, 0.15) is 5.52 Å². The first-order valence-electron chi connectivity index (χ1n) is 5.27. The van der Waals surface area contributed by atoms with Crippen molar-refractivity contribution in [3.63, 3.8) is 0 Å². The summed E-state index contributed by atoms with van der Waals surface area (Å²) in [5.74, 6) is 0.396. The molecule has 0 saturated heterocycles. The van der Waals surface area contributed by atoms with Gasteiger partial charge in [-0.15, -0.1) is 12.4 Å². The Morgan fingerprint density at radius 1 is 1.28 bits per heavy atom. The van der Waals surface area contributed by atoms with Crippen LogP contribution >= 0.6 is 12.4 Å². The first kappa shape index (κ1) is 12.6. The SMILES string of the molecule is Cl.Nc1nc(N)c2ncn(C3C=C[C@@H](O)C3)c2n1. The van der Waals surface area contributed by atoms with Crippen molar-refractivity contribution in [3.8, 4) is 0 Å². The Bertz CT molecular complexity index is 610. The molecule has 2 heterocycles. The van der Waals surface area contributed by atoms with E-state index in [0.717, 1.165) is 0 Å². The second kappa shape index (κ2) is 4.43. The van der Waals surface area contributed by atoms with Gasteiger partial charge in [0, 0.05) is 6.42 Å². The third-order valence-corrected chi connectivity index (χ3v) is 2.86. The molecule has 2 aromatic rings. The summed E-state index contributed by atoms with van der Waals surface area (Å²) < 4.78 is 1.84. The molecule has 2 aromatic heterocycles. The Labute approximate surface area is 109 Å². The summed E-state index contributed by atoms with van der Waals surface area (Å²) in [6.45, 7) is 0. The van der Waals surface area contributed by atoms with Gasteiger partial charge < -0.3 is 21.1 Å². The number of fused-ring (bicyclic) bond motifs is 1. The molecule has 0 bridgehead atoms. The lowest BCUT2D eigenvalue weighted by Gasteiger charge is -2.11. The summed E-state index contributed by atoms with van der Waals surface area (Å²) in [4.78, 5) is 12.2. The van der Waals surface area contributed by atoms with E-state index in [-0.39, 0.29) is 30.2 Å². The smallest absolute Gasteiger partial charge is 0.224 e. The molecule has 1 unspecified atom stereocenters. The molecule has 8 heteroatoms. The maximum Gasteiger partial charge on any atom is 0.224 e.